The molecule has 1 rings (SSSR count). The summed E-state index contributed by atoms with van der Waals surface area (Å²) in [4.78, 5) is 11.1. The van der Waals surface area contributed by atoms with Crippen molar-refractivity contribution < 1.29 is 9.90 Å². The molecule has 0 saturated carbocycles. The lowest BCUT2D eigenvalue weighted by Gasteiger charge is -2.21. The van der Waals surface area contributed by atoms with E-state index in [9.17, 15) is 4.79 Å². The third-order valence-electron chi connectivity index (χ3n) is 2.28. The molecule has 92 valence electrons. The van der Waals surface area contributed by atoms with E-state index in [4.69, 9.17) is 16.6 Å². The normalized spacial score (nSPS) is 11.6. The van der Waals surface area contributed by atoms with Crippen LogP contribution in [0.15, 0.2) is 35.4 Å². The molecule has 0 aliphatic rings. The first-order chi connectivity index (χ1) is 8.00. The SMILES string of the molecule is CN(N=C(N)N)[C@@H](Cc1ccccc1)C(=O)O. The van der Waals surface area contributed by atoms with Gasteiger partial charge in [0.05, 0.1) is 0 Å². The molecule has 6 nitrogen and oxygen atoms in total. The number of likely N-dealkylation sites (N-methyl/N-ethyl adjacent to an activating group) is 1. The van der Waals surface area contributed by atoms with Crippen LogP contribution in [0.1, 0.15) is 5.56 Å². The minimum absolute atomic E-state index is 0.160. The first-order valence-corrected chi connectivity index (χ1v) is 5.10. The van der Waals surface area contributed by atoms with E-state index in [1.807, 2.05) is 30.3 Å². The van der Waals surface area contributed by atoms with Crippen molar-refractivity contribution in [3.05, 3.63) is 35.9 Å². The van der Waals surface area contributed by atoms with Crippen LogP contribution in [0.5, 0.6) is 0 Å². The van der Waals surface area contributed by atoms with E-state index in [2.05, 4.69) is 5.10 Å². The Balaban J connectivity index is 2.81. The maximum atomic E-state index is 11.1. The fraction of sp³-hybridized carbons (Fsp3) is 0.273. The minimum Gasteiger partial charge on any atom is -0.480 e. The summed E-state index contributed by atoms with van der Waals surface area (Å²) in [5.41, 5.74) is 11.4. The highest BCUT2D eigenvalue weighted by Gasteiger charge is 2.22. The molecule has 1 aromatic rings. The molecular weight excluding hydrogens is 220 g/mol. The van der Waals surface area contributed by atoms with Crippen LogP contribution < -0.4 is 11.5 Å². The average molecular weight is 236 g/mol. The highest BCUT2D eigenvalue weighted by Crippen LogP contribution is 2.08. The number of guanidine groups is 1. The fourth-order valence-corrected chi connectivity index (χ4v) is 1.47. The van der Waals surface area contributed by atoms with Crippen LogP contribution in [0.25, 0.3) is 0 Å². The first kappa shape index (κ1) is 12.8. The number of carboxylic acids is 1. The molecule has 5 N–H and O–H groups in total. The predicted octanol–water partition coefficient (Wildman–Crippen LogP) is -0.197. The third kappa shape index (κ3) is 4.02. The molecule has 0 fully saturated rings. The van der Waals surface area contributed by atoms with Crippen molar-refractivity contribution in [3.63, 3.8) is 0 Å². The molecule has 0 bridgehead atoms. The van der Waals surface area contributed by atoms with Crippen LogP contribution in [0.2, 0.25) is 0 Å². The summed E-state index contributed by atoms with van der Waals surface area (Å²) in [6.07, 6.45) is 0.337. The summed E-state index contributed by atoms with van der Waals surface area (Å²) in [7, 11) is 1.53. The maximum absolute atomic E-state index is 11.1. The highest BCUT2D eigenvalue weighted by atomic mass is 16.4. The van der Waals surface area contributed by atoms with E-state index in [1.54, 1.807) is 0 Å². The van der Waals surface area contributed by atoms with Crippen molar-refractivity contribution in [2.45, 2.75) is 12.5 Å². The maximum Gasteiger partial charge on any atom is 0.328 e. The largest absolute Gasteiger partial charge is 0.480 e. The minimum atomic E-state index is -0.971. The monoisotopic (exact) mass is 236 g/mol. The van der Waals surface area contributed by atoms with E-state index in [1.165, 1.54) is 12.1 Å². The lowest BCUT2D eigenvalue weighted by atomic mass is 10.1. The zero-order valence-electron chi connectivity index (χ0n) is 9.58. The van der Waals surface area contributed by atoms with Gasteiger partial charge in [0.15, 0.2) is 0 Å². The summed E-state index contributed by atoms with van der Waals surface area (Å²) in [5, 5.41) is 14.1. The predicted molar refractivity (Wildman–Crippen MR) is 65.1 cm³/mol. The standard InChI is InChI=1S/C11H16N4O2/c1-15(14-11(12)13)9(10(16)17)7-8-5-3-2-4-6-8/h2-6,9H,7H2,1H3,(H,16,17)(H4,12,13,14)/t9-/m0/s1. The van der Waals surface area contributed by atoms with Gasteiger partial charge in [0.1, 0.15) is 6.04 Å². The molecule has 0 aromatic heterocycles. The number of carbonyl (C=O) groups is 1. The number of rotatable bonds is 5. The Morgan fingerprint density at radius 1 is 1.41 bits per heavy atom. The van der Waals surface area contributed by atoms with Gasteiger partial charge in [0, 0.05) is 13.5 Å². The molecule has 6 heteroatoms. The van der Waals surface area contributed by atoms with Crippen molar-refractivity contribution in [2.75, 3.05) is 7.05 Å². The molecule has 0 radical (unpaired) electrons. The Hall–Kier alpha value is -2.24. The van der Waals surface area contributed by atoms with Gasteiger partial charge in [0.2, 0.25) is 5.96 Å². The van der Waals surface area contributed by atoms with Crippen molar-refractivity contribution in [1.29, 1.82) is 0 Å². The lowest BCUT2D eigenvalue weighted by molar-refractivity contribution is -0.142. The van der Waals surface area contributed by atoms with Gasteiger partial charge in [-0.15, -0.1) is 5.10 Å². The summed E-state index contributed by atoms with van der Waals surface area (Å²) in [6.45, 7) is 0. The van der Waals surface area contributed by atoms with Gasteiger partial charge in [-0.1, -0.05) is 30.3 Å². The van der Waals surface area contributed by atoms with Crippen LogP contribution in [-0.2, 0) is 11.2 Å². The number of nitrogens with zero attached hydrogens (tertiary/aromatic N) is 2. The van der Waals surface area contributed by atoms with Crippen LogP contribution in [0, 0.1) is 0 Å². The van der Waals surface area contributed by atoms with Gasteiger partial charge in [-0.3, -0.25) is 5.01 Å². The number of carboxylic acid groups (broad SMARTS) is 1. The molecular formula is C11H16N4O2. The summed E-state index contributed by atoms with van der Waals surface area (Å²) in [5.74, 6) is -1.13. The van der Waals surface area contributed by atoms with Crippen molar-refractivity contribution in [1.82, 2.24) is 5.01 Å². The smallest absolute Gasteiger partial charge is 0.328 e. The second-order valence-electron chi connectivity index (χ2n) is 3.64. The molecule has 0 unspecified atom stereocenters. The number of hydrazone groups is 1. The number of benzene rings is 1. The second kappa shape index (κ2) is 5.74. The quantitative estimate of drug-likeness (QED) is 0.373. The van der Waals surface area contributed by atoms with Crippen molar-refractivity contribution in [3.8, 4) is 0 Å². The van der Waals surface area contributed by atoms with Gasteiger partial charge >= 0.3 is 5.97 Å². The van der Waals surface area contributed by atoms with Crippen molar-refractivity contribution >= 4 is 11.9 Å². The number of nitrogens with two attached hydrogens (primary N) is 2. The fourth-order valence-electron chi connectivity index (χ4n) is 1.47. The van der Waals surface area contributed by atoms with Crippen LogP contribution in [0.3, 0.4) is 0 Å². The van der Waals surface area contributed by atoms with Crippen molar-refractivity contribution in [2.24, 2.45) is 16.6 Å². The first-order valence-electron chi connectivity index (χ1n) is 5.10. The highest BCUT2D eigenvalue weighted by molar-refractivity contribution is 5.77. The summed E-state index contributed by atoms with van der Waals surface area (Å²) < 4.78 is 0. The third-order valence-corrected chi connectivity index (χ3v) is 2.28. The molecule has 0 spiro atoms. The summed E-state index contributed by atoms with van der Waals surface area (Å²) in [6, 6.07) is 8.51. The zero-order chi connectivity index (χ0) is 12.8. The lowest BCUT2D eigenvalue weighted by Crippen LogP contribution is -2.39. The van der Waals surface area contributed by atoms with Crippen LogP contribution in [0.4, 0.5) is 0 Å². The molecule has 0 aliphatic heterocycles. The molecule has 0 heterocycles. The Morgan fingerprint density at radius 3 is 2.47 bits per heavy atom. The van der Waals surface area contributed by atoms with Crippen LogP contribution in [-0.4, -0.2) is 35.1 Å². The second-order valence-corrected chi connectivity index (χ2v) is 3.64. The molecule has 17 heavy (non-hydrogen) atoms. The Labute approximate surface area is 99.5 Å². The molecule has 1 aromatic carbocycles. The van der Waals surface area contributed by atoms with Gasteiger partial charge in [-0.05, 0) is 5.56 Å². The van der Waals surface area contributed by atoms with Gasteiger partial charge in [-0.25, -0.2) is 4.79 Å². The Bertz CT molecular complexity index is 401. The molecule has 0 aliphatic carbocycles. The van der Waals surface area contributed by atoms with Gasteiger partial charge in [-0.2, -0.15) is 0 Å². The topological polar surface area (TPSA) is 105 Å². The number of hydrogen-bond acceptors (Lipinski definition) is 3. The van der Waals surface area contributed by atoms with E-state index in [-0.39, 0.29) is 5.96 Å². The Morgan fingerprint density at radius 2 is 2.00 bits per heavy atom. The number of hydrogen-bond donors (Lipinski definition) is 3. The molecule has 0 amide bonds. The van der Waals surface area contributed by atoms with Gasteiger partial charge in [0.25, 0.3) is 0 Å². The zero-order valence-corrected chi connectivity index (χ0v) is 9.58. The molecule has 0 saturated heterocycles. The molecule has 1 atom stereocenters. The van der Waals surface area contributed by atoms with Crippen LogP contribution >= 0.6 is 0 Å². The van der Waals surface area contributed by atoms with E-state index in [0.29, 0.717) is 6.42 Å². The van der Waals surface area contributed by atoms with E-state index >= 15 is 0 Å². The van der Waals surface area contributed by atoms with E-state index in [0.717, 1.165) is 5.56 Å². The van der Waals surface area contributed by atoms with E-state index < -0.39 is 12.0 Å². The Kier molecular flexibility index (Phi) is 4.33. The number of aliphatic carboxylic acids is 1. The van der Waals surface area contributed by atoms with Gasteiger partial charge < -0.3 is 16.6 Å². The summed E-state index contributed by atoms with van der Waals surface area (Å²) >= 11 is 0. The average Bonchev–Trinajstić information content (AvgIpc) is 2.25.